The number of aryl methyl sites for hydroxylation is 1. The Labute approximate surface area is 135 Å². The van der Waals surface area contributed by atoms with Crippen molar-refractivity contribution in [2.75, 3.05) is 5.32 Å². The number of para-hydroxylation sites is 1. The molecule has 0 atom stereocenters. The lowest BCUT2D eigenvalue weighted by Crippen LogP contribution is -2.09. The van der Waals surface area contributed by atoms with Crippen LogP contribution in [0.3, 0.4) is 0 Å². The molecule has 0 amide bonds. The van der Waals surface area contributed by atoms with Crippen molar-refractivity contribution in [3.05, 3.63) is 60.0 Å². The first-order chi connectivity index (χ1) is 11.3. The van der Waals surface area contributed by atoms with Gasteiger partial charge in [-0.15, -0.1) is 0 Å². The molecule has 0 aliphatic heterocycles. The highest BCUT2D eigenvalue weighted by Gasteiger charge is 2.22. The van der Waals surface area contributed by atoms with Gasteiger partial charge in [0, 0.05) is 38.0 Å². The number of aromatic nitrogens is 4. The van der Waals surface area contributed by atoms with Gasteiger partial charge < -0.3 is 5.32 Å². The maximum Gasteiger partial charge on any atom is 0.124 e. The molecule has 4 rings (SSSR count). The van der Waals surface area contributed by atoms with Gasteiger partial charge in [-0.2, -0.15) is 10.2 Å². The molecule has 1 aromatic carbocycles. The van der Waals surface area contributed by atoms with Crippen LogP contribution in [0.4, 0.5) is 5.82 Å². The molecule has 1 aliphatic rings. The van der Waals surface area contributed by atoms with Gasteiger partial charge in [0.25, 0.3) is 0 Å². The normalized spacial score (nSPS) is 14.7. The Balaban J connectivity index is 1.52. The van der Waals surface area contributed by atoms with Gasteiger partial charge in [0.05, 0.1) is 11.4 Å². The van der Waals surface area contributed by atoms with Gasteiger partial charge in [-0.3, -0.25) is 4.68 Å². The number of hydrogen-bond acceptors (Lipinski definition) is 3. The van der Waals surface area contributed by atoms with Crippen molar-refractivity contribution in [2.24, 2.45) is 7.05 Å². The predicted molar refractivity (Wildman–Crippen MR) is 90.7 cm³/mol. The van der Waals surface area contributed by atoms with Crippen molar-refractivity contribution in [1.29, 1.82) is 0 Å². The van der Waals surface area contributed by atoms with Gasteiger partial charge >= 0.3 is 0 Å². The molecule has 0 spiro atoms. The van der Waals surface area contributed by atoms with Gasteiger partial charge in [0.1, 0.15) is 5.82 Å². The molecule has 1 aliphatic carbocycles. The van der Waals surface area contributed by atoms with Crippen LogP contribution < -0.4 is 5.32 Å². The lowest BCUT2D eigenvalue weighted by molar-refractivity contribution is 0.408. The number of anilines is 1. The summed E-state index contributed by atoms with van der Waals surface area (Å²) in [5.74, 6) is 1.73. The maximum atomic E-state index is 4.65. The lowest BCUT2D eigenvalue weighted by Gasteiger charge is -2.22. The lowest BCUT2D eigenvalue weighted by atomic mass is 9.83. The zero-order valence-corrected chi connectivity index (χ0v) is 13.3. The van der Waals surface area contributed by atoms with E-state index in [1.54, 1.807) is 6.20 Å². The highest BCUT2D eigenvalue weighted by molar-refractivity contribution is 5.45. The van der Waals surface area contributed by atoms with Crippen molar-refractivity contribution < 1.29 is 0 Å². The molecule has 1 N–H and O–H groups in total. The molecule has 0 unspecified atom stereocenters. The Morgan fingerprint density at radius 1 is 1.22 bits per heavy atom. The first kappa shape index (κ1) is 14.1. The number of nitrogens with one attached hydrogen (secondary N) is 1. The van der Waals surface area contributed by atoms with E-state index in [0.717, 1.165) is 18.1 Å². The van der Waals surface area contributed by atoms with Crippen LogP contribution in [0.25, 0.3) is 5.69 Å². The highest BCUT2D eigenvalue weighted by atomic mass is 15.3. The largest absolute Gasteiger partial charge is 0.366 e. The molecule has 0 saturated heterocycles. The van der Waals surface area contributed by atoms with Crippen LogP contribution in [0.5, 0.6) is 0 Å². The summed E-state index contributed by atoms with van der Waals surface area (Å²) in [6.07, 6.45) is 7.66. The summed E-state index contributed by atoms with van der Waals surface area (Å²) >= 11 is 0. The minimum atomic E-state index is 0.660. The van der Waals surface area contributed by atoms with Crippen LogP contribution in [-0.2, 0) is 13.6 Å². The molecular weight excluding hydrogens is 286 g/mol. The molecule has 1 fully saturated rings. The fourth-order valence-electron chi connectivity index (χ4n) is 3.04. The fraction of sp³-hybridized carbons (Fsp3) is 0.333. The van der Waals surface area contributed by atoms with Crippen LogP contribution in [-0.4, -0.2) is 19.6 Å². The molecule has 0 radical (unpaired) electrons. The first-order valence-electron chi connectivity index (χ1n) is 8.17. The van der Waals surface area contributed by atoms with Crippen LogP contribution in [0, 0.1) is 0 Å². The number of rotatable bonds is 5. The molecular formula is C18H21N5. The standard InChI is InChI=1S/C18H21N5/c1-22-18(12-16(21-22)14-7-4-8-14)19-13-15-6-2-3-9-17(15)23-11-5-10-20-23/h2-3,5-6,9-12,14,19H,4,7-8,13H2,1H3. The van der Waals surface area contributed by atoms with E-state index in [2.05, 4.69) is 39.8 Å². The Hall–Kier alpha value is -2.56. The maximum absolute atomic E-state index is 4.65. The third kappa shape index (κ3) is 2.74. The predicted octanol–water partition coefficient (Wildman–Crippen LogP) is 3.49. The van der Waals surface area contributed by atoms with Crippen LogP contribution in [0.1, 0.15) is 36.4 Å². The van der Waals surface area contributed by atoms with Crippen LogP contribution >= 0.6 is 0 Å². The van der Waals surface area contributed by atoms with E-state index in [-0.39, 0.29) is 0 Å². The third-order valence-electron chi connectivity index (χ3n) is 4.62. The Morgan fingerprint density at radius 3 is 2.83 bits per heavy atom. The van der Waals surface area contributed by atoms with Crippen molar-refractivity contribution in [2.45, 2.75) is 31.7 Å². The van der Waals surface area contributed by atoms with E-state index in [1.165, 1.54) is 30.5 Å². The van der Waals surface area contributed by atoms with E-state index in [0.29, 0.717) is 5.92 Å². The van der Waals surface area contributed by atoms with Gasteiger partial charge in [-0.1, -0.05) is 24.6 Å². The second-order valence-corrected chi connectivity index (χ2v) is 6.14. The number of hydrogen-bond donors (Lipinski definition) is 1. The SMILES string of the molecule is Cn1nc(C2CCC2)cc1NCc1ccccc1-n1cccn1. The summed E-state index contributed by atoms with van der Waals surface area (Å²) in [5, 5.41) is 12.5. The van der Waals surface area contributed by atoms with Gasteiger partial charge in [-0.25, -0.2) is 4.68 Å². The average molecular weight is 307 g/mol. The topological polar surface area (TPSA) is 47.7 Å². The van der Waals surface area contributed by atoms with E-state index in [9.17, 15) is 0 Å². The molecule has 3 aromatic rings. The van der Waals surface area contributed by atoms with Gasteiger partial charge in [-0.05, 0) is 30.5 Å². The van der Waals surface area contributed by atoms with Crippen molar-refractivity contribution >= 4 is 5.82 Å². The molecule has 118 valence electrons. The summed E-state index contributed by atoms with van der Waals surface area (Å²) < 4.78 is 3.85. The zero-order chi connectivity index (χ0) is 15.6. The summed E-state index contributed by atoms with van der Waals surface area (Å²) in [6, 6.07) is 12.5. The van der Waals surface area contributed by atoms with Crippen molar-refractivity contribution in [3.63, 3.8) is 0 Å². The van der Waals surface area contributed by atoms with E-state index in [4.69, 9.17) is 0 Å². The minimum Gasteiger partial charge on any atom is -0.366 e. The number of benzene rings is 1. The molecule has 1 saturated carbocycles. The Bertz CT molecular complexity index is 784. The second-order valence-electron chi connectivity index (χ2n) is 6.14. The van der Waals surface area contributed by atoms with Gasteiger partial charge in [0.15, 0.2) is 0 Å². The molecule has 23 heavy (non-hydrogen) atoms. The molecule has 2 aromatic heterocycles. The molecule has 5 nitrogen and oxygen atoms in total. The molecule has 5 heteroatoms. The highest BCUT2D eigenvalue weighted by Crippen LogP contribution is 2.36. The molecule has 2 heterocycles. The summed E-state index contributed by atoms with van der Waals surface area (Å²) in [7, 11) is 2.00. The average Bonchev–Trinajstić information content (AvgIpc) is 3.14. The molecule has 0 bridgehead atoms. The van der Waals surface area contributed by atoms with Crippen molar-refractivity contribution in [3.8, 4) is 5.69 Å². The van der Waals surface area contributed by atoms with E-state index >= 15 is 0 Å². The smallest absolute Gasteiger partial charge is 0.124 e. The van der Waals surface area contributed by atoms with E-state index in [1.807, 2.05) is 34.7 Å². The van der Waals surface area contributed by atoms with E-state index < -0.39 is 0 Å². The Morgan fingerprint density at radius 2 is 2.09 bits per heavy atom. The minimum absolute atomic E-state index is 0.660. The summed E-state index contributed by atoms with van der Waals surface area (Å²) in [4.78, 5) is 0. The number of nitrogens with zero attached hydrogens (tertiary/aromatic N) is 4. The zero-order valence-electron chi connectivity index (χ0n) is 13.3. The monoisotopic (exact) mass is 307 g/mol. The first-order valence-corrected chi connectivity index (χ1v) is 8.17. The second kappa shape index (κ2) is 5.91. The fourth-order valence-corrected chi connectivity index (χ4v) is 3.04. The van der Waals surface area contributed by atoms with Gasteiger partial charge in [0.2, 0.25) is 0 Å². The summed E-state index contributed by atoms with van der Waals surface area (Å²) in [5.41, 5.74) is 3.54. The summed E-state index contributed by atoms with van der Waals surface area (Å²) in [6.45, 7) is 0.750. The quantitative estimate of drug-likeness (QED) is 0.785. The van der Waals surface area contributed by atoms with Crippen LogP contribution in [0.15, 0.2) is 48.8 Å². The third-order valence-corrected chi connectivity index (χ3v) is 4.62. The van der Waals surface area contributed by atoms with Crippen molar-refractivity contribution in [1.82, 2.24) is 19.6 Å². The van der Waals surface area contributed by atoms with Crippen LogP contribution in [0.2, 0.25) is 0 Å². The Kier molecular flexibility index (Phi) is 3.61.